The summed E-state index contributed by atoms with van der Waals surface area (Å²) >= 11 is 5.14. The topological polar surface area (TPSA) is 58.3 Å². The fourth-order valence-electron chi connectivity index (χ4n) is 2.52. The quantitative estimate of drug-likeness (QED) is 0.829. The third-order valence-electron chi connectivity index (χ3n) is 3.56. The molecule has 1 fully saturated rings. The number of aryl methyl sites for hydroxylation is 1. The molecule has 1 saturated heterocycles. The zero-order valence-corrected chi connectivity index (χ0v) is 12.4. The molecule has 1 aromatic rings. The van der Waals surface area contributed by atoms with Gasteiger partial charge in [0.2, 0.25) is 0 Å². The SMILES string of the molecule is CCC(C(N)=S)N1CCN(c2ccnc(C)n2)CC1. The van der Waals surface area contributed by atoms with Gasteiger partial charge in [-0.05, 0) is 19.4 Å². The molecule has 0 aliphatic carbocycles. The Balaban J connectivity index is 1.97. The van der Waals surface area contributed by atoms with Crippen molar-refractivity contribution < 1.29 is 0 Å². The second-order valence-electron chi connectivity index (χ2n) is 4.81. The maximum atomic E-state index is 5.80. The standard InChI is InChI=1S/C13H21N5S/c1-3-11(13(14)19)17-6-8-18(9-7-17)12-4-5-15-10(2)16-12/h4-5,11H,3,6-9H2,1-2H3,(H2,14,19). The molecule has 19 heavy (non-hydrogen) atoms. The van der Waals surface area contributed by atoms with E-state index in [1.54, 1.807) is 0 Å². The minimum atomic E-state index is 0.226. The molecule has 1 aliphatic rings. The Hall–Kier alpha value is -1.27. The monoisotopic (exact) mass is 279 g/mol. The summed E-state index contributed by atoms with van der Waals surface area (Å²) in [6, 6.07) is 2.19. The van der Waals surface area contributed by atoms with Gasteiger partial charge in [0, 0.05) is 32.4 Å². The van der Waals surface area contributed by atoms with Crippen LogP contribution in [0.3, 0.4) is 0 Å². The first-order valence-corrected chi connectivity index (χ1v) is 7.10. The first-order chi connectivity index (χ1) is 9.11. The van der Waals surface area contributed by atoms with Crippen molar-refractivity contribution in [2.75, 3.05) is 31.1 Å². The van der Waals surface area contributed by atoms with Gasteiger partial charge in [-0.3, -0.25) is 4.90 Å². The molecule has 2 rings (SSSR count). The van der Waals surface area contributed by atoms with Crippen molar-refractivity contribution in [1.29, 1.82) is 0 Å². The number of piperazine rings is 1. The van der Waals surface area contributed by atoms with Gasteiger partial charge in [0.05, 0.1) is 11.0 Å². The molecule has 0 spiro atoms. The minimum Gasteiger partial charge on any atom is -0.392 e. The van der Waals surface area contributed by atoms with Crippen LogP contribution in [0.25, 0.3) is 0 Å². The van der Waals surface area contributed by atoms with E-state index in [9.17, 15) is 0 Å². The number of anilines is 1. The molecule has 0 aromatic carbocycles. The van der Waals surface area contributed by atoms with E-state index in [-0.39, 0.29) is 6.04 Å². The Morgan fingerprint density at radius 2 is 2.11 bits per heavy atom. The van der Waals surface area contributed by atoms with E-state index in [2.05, 4.69) is 26.7 Å². The first kappa shape index (κ1) is 14.1. The molecule has 104 valence electrons. The number of thiocarbonyl (C=S) groups is 1. The molecular weight excluding hydrogens is 258 g/mol. The lowest BCUT2D eigenvalue weighted by Crippen LogP contribution is -2.53. The van der Waals surface area contributed by atoms with Gasteiger partial charge in [-0.25, -0.2) is 9.97 Å². The van der Waals surface area contributed by atoms with Crippen LogP contribution >= 0.6 is 12.2 Å². The van der Waals surface area contributed by atoms with E-state index < -0.39 is 0 Å². The van der Waals surface area contributed by atoms with Crippen molar-refractivity contribution in [3.63, 3.8) is 0 Å². The summed E-state index contributed by atoms with van der Waals surface area (Å²) in [7, 11) is 0. The van der Waals surface area contributed by atoms with Gasteiger partial charge in [0.1, 0.15) is 11.6 Å². The largest absolute Gasteiger partial charge is 0.392 e. The van der Waals surface area contributed by atoms with Crippen molar-refractivity contribution >= 4 is 23.0 Å². The number of rotatable bonds is 4. The summed E-state index contributed by atoms with van der Waals surface area (Å²) < 4.78 is 0. The van der Waals surface area contributed by atoms with E-state index >= 15 is 0 Å². The van der Waals surface area contributed by atoms with Gasteiger partial charge in [-0.2, -0.15) is 0 Å². The van der Waals surface area contributed by atoms with E-state index in [4.69, 9.17) is 18.0 Å². The van der Waals surface area contributed by atoms with Gasteiger partial charge in [0.25, 0.3) is 0 Å². The maximum absolute atomic E-state index is 5.80. The Morgan fingerprint density at radius 3 is 2.63 bits per heavy atom. The predicted molar refractivity (Wildman–Crippen MR) is 81.4 cm³/mol. The molecule has 0 saturated carbocycles. The fourth-order valence-corrected chi connectivity index (χ4v) is 2.84. The average Bonchev–Trinajstić information content (AvgIpc) is 2.40. The molecular formula is C13H21N5S. The third-order valence-corrected chi connectivity index (χ3v) is 3.83. The van der Waals surface area contributed by atoms with Crippen LogP contribution in [0.5, 0.6) is 0 Å². The Morgan fingerprint density at radius 1 is 1.42 bits per heavy atom. The van der Waals surface area contributed by atoms with E-state index in [0.717, 1.165) is 44.2 Å². The zero-order chi connectivity index (χ0) is 13.8. The van der Waals surface area contributed by atoms with Crippen LogP contribution in [0.1, 0.15) is 19.2 Å². The molecule has 2 heterocycles. The maximum Gasteiger partial charge on any atom is 0.132 e. The molecule has 6 heteroatoms. The number of aromatic nitrogens is 2. The lowest BCUT2D eigenvalue weighted by atomic mass is 10.1. The Bertz CT molecular complexity index is 442. The number of nitrogens with zero attached hydrogens (tertiary/aromatic N) is 4. The molecule has 0 bridgehead atoms. The summed E-state index contributed by atoms with van der Waals surface area (Å²) in [6.45, 7) is 7.90. The fraction of sp³-hybridized carbons (Fsp3) is 0.615. The van der Waals surface area contributed by atoms with Crippen LogP contribution in [0.15, 0.2) is 12.3 Å². The minimum absolute atomic E-state index is 0.226. The highest BCUT2D eigenvalue weighted by molar-refractivity contribution is 7.80. The van der Waals surface area contributed by atoms with Gasteiger partial charge < -0.3 is 10.6 Å². The lowest BCUT2D eigenvalue weighted by molar-refractivity contribution is 0.224. The number of hydrogen-bond acceptors (Lipinski definition) is 5. The predicted octanol–water partition coefficient (Wildman–Crippen LogP) is 0.972. The molecule has 1 unspecified atom stereocenters. The van der Waals surface area contributed by atoms with Gasteiger partial charge in [0.15, 0.2) is 0 Å². The van der Waals surface area contributed by atoms with Crippen molar-refractivity contribution in [3.8, 4) is 0 Å². The van der Waals surface area contributed by atoms with Crippen LogP contribution in [0, 0.1) is 6.92 Å². The van der Waals surface area contributed by atoms with Crippen molar-refractivity contribution in [3.05, 3.63) is 18.1 Å². The van der Waals surface area contributed by atoms with Crippen LogP contribution in [0.4, 0.5) is 5.82 Å². The van der Waals surface area contributed by atoms with Gasteiger partial charge in [-0.1, -0.05) is 19.1 Å². The summed E-state index contributed by atoms with van der Waals surface area (Å²) in [5.41, 5.74) is 5.80. The highest BCUT2D eigenvalue weighted by Gasteiger charge is 2.24. The Kier molecular flexibility index (Phi) is 4.66. The molecule has 1 aromatic heterocycles. The first-order valence-electron chi connectivity index (χ1n) is 6.69. The zero-order valence-electron chi connectivity index (χ0n) is 11.5. The van der Waals surface area contributed by atoms with Crippen molar-refractivity contribution in [1.82, 2.24) is 14.9 Å². The van der Waals surface area contributed by atoms with Crippen LogP contribution in [-0.4, -0.2) is 52.1 Å². The summed E-state index contributed by atoms with van der Waals surface area (Å²) in [6.07, 6.45) is 2.79. The van der Waals surface area contributed by atoms with E-state index in [1.807, 2.05) is 19.2 Å². The lowest BCUT2D eigenvalue weighted by Gasteiger charge is -2.39. The van der Waals surface area contributed by atoms with Crippen molar-refractivity contribution in [2.45, 2.75) is 26.3 Å². The smallest absolute Gasteiger partial charge is 0.132 e. The van der Waals surface area contributed by atoms with E-state index in [0.29, 0.717) is 4.99 Å². The Labute approximate surface area is 119 Å². The molecule has 1 atom stereocenters. The van der Waals surface area contributed by atoms with Crippen molar-refractivity contribution in [2.24, 2.45) is 5.73 Å². The molecule has 2 N–H and O–H groups in total. The highest BCUT2D eigenvalue weighted by atomic mass is 32.1. The number of hydrogen-bond donors (Lipinski definition) is 1. The summed E-state index contributed by atoms with van der Waals surface area (Å²) in [5, 5.41) is 0. The normalized spacial score (nSPS) is 18.3. The van der Waals surface area contributed by atoms with Gasteiger partial charge >= 0.3 is 0 Å². The van der Waals surface area contributed by atoms with E-state index in [1.165, 1.54) is 0 Å². The second kappa shape index (κ2) is 6.25. The third kappa shape index (κ3) is 3.39. The van der Waals surface area contributed by atoms with Crippen LogP contribution in [-0.2, 0) is 0 Å². The van der Waals surface area contributed by atoms with Crippen LogP contribution < -0.4 is 10.6 Å². The molecule has 0 radical (unpaired) electrons. The summed E-state index contributed by atoms with van der Waals surface area (Å²) in [4.78, 5) is 13.9. The average molecular weight is 279 g/mol. The second-order valence-corrected chi connectivity index (χ2v) is 5.28. The number of nitrogens with two attached hydrogens (primary N) is 1. The molecule has 1 aliphatic heterocycles. The molecule has 5 nitrogen and oxygen atoms in total. The molecule has 0 amide bonds. The highest BCUT2D eigenvalue weighted by Crippen LogP contribution is 2.15. The summed E-state index contributed by atoms with van der Waals surface area (Å²) in [5.74, 6) is 1.82. The van der Waals surface area contributed by atoms with Gasteiger partial charge in [-0.15, -0.1) is 0 Å². The van der Waals surface area contributed by atoms with Crippen LogP contribution in [0.2, 0.25) is 0 Å².